The van der Waals surface area contributed by atoms with Crippen molar-refractivity contribution in [3.05, 3.63) is 23.8 Å². The standard InChI is InChI=1S/C14H22N2O2S/c1-4-17-9-10(3)18-11-7-6-8-12(19-5-2)13(11)14(15)16/h6-8,10H,4-5,9H2,1-3H3,(H3,15,16). The number of rotatable bonds is 8. The maximum Gasteiger partial charge on any atom is 0.131 e. The third-order valence-electron chi connectivity index (χ3n) is 2.44. The Morgan fingerprint density at radius 3 is 2.74 bits per heavy atom. The van der Waals surface area contributed by atoms with Crippen molar-refractivity contribution in [2.24, 2.45) is 5.73 Å². The maximum absolute atomic E-state index is 7.73. The van der Waals surface area contributed by atoms with Crippen LogP contribution < -0.4 is 10.5 Å². The molecule has 0 aromatic heterocycles. The molecule has 0 amide bonds. The van der Waals surface area contributed by atoms with Gasteiger partial charge in [0, 0.05) is 11.5 Å². The van der Waals surface area contributed by atoms with Crippen LogP contribution in [0.2, 0.25) is 0 Å². The van der Waals surface area contributed by atoms with Crippen LogP contribution in [-0.4, -0.2) is 30.9 Å². The van der Waals surface area contributed by atoms with Crippen molar-refractivity contribution in [1.82, 2.24) is 0 Å². The molecule has 0 aliphatic carbocycles. The first-order chi connectivity index (χ1) is 9.10. The minimum atomic E-state index is -0.0695. The van der Waals surface area contributed by atoms with Gasteiger partial charge >= 0.3 is 0 Å². The normalized spacial score (nSPS) is 12.2. The highest BCUT2D eigenvalue weighted by Gasteiger charge is 2.14. The molecule has 3 N–H and O–H groups in total. The zero-order chi connectivity index (χ0) is 14.3. The minimum Gasteiger partial charge on any atom is -0.488 e. The van der Waals surface area contributed by atoms with Gasteiger partial charge in [-0.25, -0.2) is 0 Å². The van der Waals surface area contributed by atoms with Crippen molar-refractivity contribution in [3.63, 3.8) is 0 Å². The predicted molar refractivity (Wildman–Crippen MR) is 80.4 cm³/mol. The van der Waals surface area contributed by atoms with Crippen LogP contribution in [0.5, 0.6) is 5.75 Å². The summed E-state index contributed by atoms with van der Waals surface area (Å²) in [5.74, 6) is 1.62. The molecule has 19 heavy (non-hydrogen) atoms. The van der Waals surface area contributed by atoms with Crippen molar-refractivity contribution < 1.29 is 9.47 Å². The summed E-state index contributed by atoms with van der Waals surface area (Å²) in [6.07, 6.45) is -0.0695. The summed E-state index contributed by atoms with van der Waals surface area (Å²) < 4.78 is 11.2. The monoisotopic (exact) mass is 282 g/mol. The Morgan fingerprint density at radius 2 is 2.16 bits per heavy atom. The Balaban J connectivity index is 2.93. The minimum absolute atomic E-state index is 0.0372. The highest BCUT2D eigenvalue weighted by molar-refractivity contribution is 7.99. The molecule has 0 spiro atoms. The molecule has 0 saturated heterocycles. The number of nitrogens with two attached hydrogens (primary N) is 1. The van der Waals surface area contributed by atoms with Gasteiger partial charge in [0.05, 0.1) is 12.2 Å². The van der Waals surface area contributed by atoms with Crippen molar-refractivity contribution >= 4 is 17.6 Å². The molecule has 1 aromatic rings. The molecule has 5 heteroatoms. The molecule has 106 valence electrons. The number of hydrogen-bond acceptors (Lipinski definition) is 4. The number of benzene rings is 1. The topological polar surface area (TPSA) is 68.3 Å². The lowest BCUT2D eigenvalue weighted by Gasteiger charge is -2.18. The lowest BCUT2D eigenvalue weighted by atomic mass is 10.2. The van der Waals surface area contributed by atoms with E-state index in [2.05, 4.69) is 6.92 Å². The first-order valence-corrected chi connectivity index (χ1v) is 7.43. The molecule has 4 nitrogen and oxygen atoms in total. The van der Waals surface area contributed by atoms with E-state index >= 15 is 0 Å². The van der Waals surface area contributed by atoms with E-state index in [4.69, 9.17) is 20.6 Å². The summed E-state index contributed by atoms with van der Waals surface area (Å²) in [7, 11) is 0. The van der Waals surface area contributed by atoms with Crippen molar-refractivity contribution in [2.45, 2.75) is 31.8 Å². The second-order valence-electron chi connectivity index (χ2n) is 4.06. The fourth-order valence-corrected chi connectivity index (χ4v) is 2.53. The fourth-order valence-electron chi connectivity index (χ4n) is 1.69. The van der Waals surface area contributed by atoms with Gasteiger partial charge in [-0.05, 0) is 31.7 Å². The largest absolute Gasteiger partial charge is 0.488 e. The van der Waals surface area contributed by atoms with Gasteiger partial charge in [-0.15, -0.1) is 11.8 Å². The number of nitrogen functional groups attached to an aromatic ring is 1. The van der Waals surface area contributed by atoms with Crippen LogP contribution in [0.3, 0.4) is 0 Å². The summed E-state index contributed by atoms with van der Waals surface area (Å²) in [6.45, 7) is 7.16. The van der Waals surface area contributed by atoms with Gasteiger partial charge in [0.25, 0.3) is 0 Å². The summed E-state index contributed by atoms with van der Waals surface area (Å²) in [6, 6.07) is 5.73. The molecule has 1 unspecified atom stereocenters. The van der Waals surface area contributed by atoms with E-state index in [0.717, 1.165) is 10.6 Å². The Bertz CT molecular complexity index is 424. The Kier molecular flexibility index (Phi) is 6.73. The molecule has 0 bridgehead atoms. The first kappa shape index (κ1) is 15.9. The first-order valence-electron chi connectivity index (χ1n) is 6.44. The van der Waals surface area contributed by atoms with E-state index in [1.54, 1.807) is 11.8 Å². The van der Waals surface area contributed by atoms with Crippen LogP contribution in [0.1, 0.15) is 26.3 Å². The third kappa shape index (κ3) is 4.76. The molecule has 0 aliphatic rings. The second kappa shape index (κ2) is 8.07. The molecule has 0 saturated carbocycles. The molecule has 0 radical (unpaired) electrons. The van der Waals surface area contributed by atoms with E-state index in [0.29, 0.717) is 24.5 Å². The molecular formula is C14H22N2O2S. The number of amidine groups is 1. The smallest absolute Gasteiger partial charge is 0.131 e. The maximum atomic E-state index is 7.73. The molecule has 0 heterocycles. The van der Waals surface area contributed by atoms with E-state index in [1.165, 1.54) is 0 Å². The molecule has 0 aliphatic heterocycles. The summed E-state index contributed by atoms with van der Waals surface area (Å²) >= 11 is 1.66. The van der Waals surface area contributed by atoms with Crippen LogP contribution in [0.4, 0.5) is 0 Å². The summed E-state index contributed by atoms with van der Waals surface area (Å²) in [5.41, 5.74) is 6.36. The quantitative estimate of drug-likeness (QED) is 0.437. The van der Waals surface area contributed by atoms with Crippen molar-refractivity contribution in [1.29, 1.82) is 5.41 Å². The van der Waals surface area contributed by atoms with E-state index < -0.39 is 0 Å². The van der Waals surface area contributed by atoms with E-state index in [9.17, 15) is 0 Å². The summed E-state index contributed by atoms with van der Waals surface area (Å²) in [4.78, 5) is 0.983. The van der Waals surface area contributed by atoms with Crippen LogP contribution in [0, 0.1) is 5.41 Å². The van der Waals surface area contributed by atoms with Gasteiger partial charge in [-0.2, -0.15) is 0 Å². The van der Waals surface area contributed by atoms with Gasteiger partial charge in [-0.1, -0.05) is 13.0 Å². The van der Waals surface area contributed by atoms with Gasteiger partial charge in [0.15, 0.2) is 0 Å². The zero-order valence-electron chi connectivity index (χ0n) is 11.7. The fraction of sp³-hybridized carbons (Fsp3) is 0.500. The van der Waals surface area contributed by atoms with Crippen LogP contribution in [0.15, 0.2) is 23.1 Å². The lowest BCUT2D eigenvalue weighted by molar-refractivity contribution is 0.0655. The number of ether oxygens (including phenoxy) is 2. The Labute approximate surface area is 119 Å². The highest BCUT2D eigenvalue weighted by atomic mass is 32.2. The Hall–Kier alpha value is -1.20. The Morgan fingerprint density at radius 1 is 1.42 bits per heavy atom. The average molecular weight is 282 g/mol. The molecule has 1 rings (SSSR count). The summed E-state index contributed by atoms with van der Waals surface area (Å²) in [5, 5.41) is 7.73. The van der Waals surface area contributed by atoms with Crippen LogP contribution in [-0.2, 0) is 4.74 Å². The van der Waals surface area contributed by atoms with Gasteiger partial charge in [0.1, 0.15) is 17.7 Å². The second-order valence-corrected chi connectivity index (χ2v) is 5.37. The van der Waals surface area contributed by atoms with E-state index in [-0.39, 0.29) is 11.9 Å². The molecule has 1 atom stereocenters. The lowest BCUT2D eigenvalue weighted by Crippen LogP contribution is -2.22. The third-order valence-corrected chi connectivity index (χ3v) is 3.38. The van der Waals surface area contributed by atoms with E-state index in [1.807, 2.05) is 32.0 Å². The molecular weight excluding hydrogens is 260 g/mol. The van der Waals surface area contributed by atoms with Gasteiger partial charge in [-0.3, -0.25) is 5.41 Å². The number of hydrogen-bond donors (Lipinski definition) is 2. The predicted octanol–water partition coefficient (Wildman–Crippen LogP) is 2.89. The van der Waals surface area contributed by atoms with Crippen molar-refractivity contribution in [3.8, 4) is 5.75 Å². The van der Waals surface area contributed by atoms with Crippen LogP contribution >= 0.6 is 11.8 Å². The highest BCUT2D eigenvalue weighted by Crippen LogP contribution is 2.30. The number of thioether (sulfide) groups is 1. The SMILES string of the molecule is CCOCC(C)Oc1cccc(SCC)c1C(=N)N. The zero-order valence-corrected chi connectivity index (χ0v) is 12.5. The van der Waals surface area contributed by atoms with Gasteiger partial charge < -0.3 is 15.2 Å². The van der Waals surface area contributed by atoms with Gasteiger partial charge in [0.2, 0.25) is 0 Å². The molecule has 1 aromatic carbocycles. The molecule has 0 fully saturated rings. The van der Waals surface area contributed by atoms with Crippen LogP contribution in [0.25, 0.3) is 0 Å². The number of nitrogens with one attached hydrogen (secondary N) is 1. The average Bonchev–Trinajstić information content (AvgIpc) is 2.36. The van der Waals surface area contributed by atoms with Crippen molar-refractivity contribution in [2.75, 3.05) is 19.0 Å².